The van der Waals surface area contributed by atoms with E-state index >= 15 is 0 Å². The zero-order valence-electron chi connectivity index (χ0n) is 16.5. The number of aromatic nitrogens is 1. The van der Waals surface area contributed by atoms with Gasteiger partial charge in [0.25, 0.3) is 5.56 Å². The van der Waals surface area contributed by atoms with Crippen LogP contribution in [0.25, 0.3) is 10.9 Å². The maximum atomic E-state index is 12.6. The van der Waals surface area contributed by atoms with E-state index in [9.17, 15) is 4.79 Å². The van der Waals surface area contributed by atoms with Crippen molar-refractivity contribution in [1.29, 1.82) is 0 Å². The van der Waals surface area contributed by atoms with E-state index < -0.39 is 0 Å². The fourth-order valence-corrected chi connectivity index (χ4v) is 3.36. The van der Waals surface area contributed by atoms with E-state index in [0.29, 0.717) is 11.7 Å². The summed E-state index contributed by atoms with van der Waals surface area (Å²) in [7, 11) is 1.83. The number of likely N-dealkylation sites (N-methyl/N-ethyl adjacent to an activating group) is 1. The Labute approximate surface area is 161 Å². The number of nitrogens with one attached hydrogen (secondary N) is 3. The number of quaternary nitrogens is 1. The van der Waals surface area contributed by atoms with Crippen LogP contribution in [0.2, 0.25) is 0 Å². The van der Waals surface area contributed by atoms with Crippen molar-refractivity contribution in [2.24, 2.45) is 0 Å². The Morgan fingerprint density at radius 1 is 1.27 bits per heavy atom. The molecule has 5 nitrogen and oxygen atoms in total. The third-order valence-electron chi connectivity index (χ3n) is 5.23. The summed E-state index contributed by atoms with van der Waals surface area (Å²) in [6.45, 7) is 13.0. The summed E-state index contributed by atoms with van der Waals surface area (Å²) in [5, 5.41) is 4.79. The largest absolute Gasteiger partial charge is 0.366 e. The van der Waals surface area contributed by atoms with Gasteiger partial charge < -0.3 is 20.1 Å². The molecule has 0 amide bonds. The molecule has 0 saturated heterocycles. The van der Waals surface area contributed by atoms with Gasteiger partial charge in [-0.05, 0) is 62.5 Å². The van der Waals surface area contributed by atoms with Crippen molar-refractivity contribution in [2.75, 3.05) is 33.2 Å². The van der Waals surface area contributed by atoms with E-state index in [1.807, 2.05) is 20.0 Å². The molecule has 0 aliphatic carbocycles. The summed E-state index contributed by atoms with van der Waals surface area (Å²) >= 11 is 5.47. The summed E-state index contributed by atoms with van der Waals surface area (Å²) in [6.07, 6.45) is 0. The number of hydrogen-bond donors (Lipinski definition) is 3. The predicted molar refractivity (Wildman–Crippen MR) is 113 cm³/mol. The van der Waals surface area contributed by atoms with Gasteiger partial charge in [-0.1, -0.05) is 12.1 Å². The van der Waals surface area contributed by atoms with Gasteiger partial charge in [0.05, 0.1) is 38.2 Å². The van der Waals surface area contributed by atoms with Crippen LogP contribution in [0, 0.1) is 13.8 Å². The molecule has 0 radical (unpaired) electrons. The first-order valence-electron chi connectivity index (χ1n) is 9.33. The second-order valence-corrected chi connectivity index (χ2v) is 7.17. The Hall–Kier alpha value is -1.92. The van der Waals surface area contributed by atoms with Crippen LogP contribution in [0.15, 0.2) is 23.0 Å². The second-order valence-electron chi connectivity index (χ2n) is 6.78. The first kappa shape index (κ1) is 20.4. The van der Waals surface area contributed by atoms with Crippen molar-refractivity contribution in [3.05, 3.63) is 45.2 Å². The van der Waals surface area contributed by atoms with E-state index in [2.05, 4.69) is 48.1 Å². The fraction of sp³-hybridized carbons (Fsp3) is 0.500. The Morgan fingerprint density at radius 2 is 1.96 bits per heavy atom. The maximum absolute atomic E-state index is 12.6. The topological polar surface area (TPSA) is 52.6 Å². The third kappa shape index (κ3) is 4.62. The normalized spacial score (nSPS) is 11.2. The molecule has 0 atom stereocenters. The molecule has 1 aromatic heterocycles. The predicted octanol–water partition coefficient (Wildman–Crippen LogP) is 1.38. The minimum atomic E-state index is -0.0368. The van der Waals surface area contributed by atoms with Gasteiger partial charge in [-0.2, -0.15) is 0 Å². The summed E-state index contributed by atoms with van der Waals surface area (Å²) in [5.74, 6) is 0. The number of hydrogen-bond acceptors (Lipinski definition) is 2. The molecule has 26 heavy (non-hydrogen) atoms. The molecule has 2 aromatic rings. The van der Waals surface area contributed by atoms with Gasteiger partial charge in [0.15, 0.2) is 5.11 Å². The molecule has 0 spiro atoms. The lowest BCUT2D eigenvalue weighted by Gasteiger charge is -2.26. The van der Waals surface area contributed by atoms with E-state index in [-0.39, 0.29) is 5.56 Å². The van der Waals surface area contributed by atoms with Crippen molar-refractivity contribution in [2.45, 2.75) is 34.2 Å². The molecule has 0 saturated carbocycles. The number of pyridine rings is 1. The van der Waals surface area contributed by atoms with E-state index in [0.717, 1.165) is 48.2 Å². The number of H-pyrrole nitrogens is 1. The van der Waals surface area contributed by atoms with Crippen molar-refractivity contribution in [1.82, 2.24) is 15.2 Å². The monoisotopic (exact) mass is 375 g/mol. The minimum Gasteiger partial charge on any atom is -0.366 e. The Kier molecular flexibility index (Phi) is 7.17. The van der Waals surface area contributed by atoms with Crippen molar-refractivity contribution in [3.8, 4) is 0 Å². The molecule has 0 fully saturated rings. The van der Waals surface area contributed by atoms with E-state index in [1.54, 1.807) is 0 Å². The standard InChI is InChI=1S/C20H30N4OS/c1-6-23(7-2)10-11-24(20(26)21-5)13-17-12-16-9-8-14(3)15(4)18(16)22-19(17)25/h8-9,12H,6-7,10-11,13H2,1-5H3,(H,21,26)(H,22,25)/p+1. The van der Waals surface area contributed by atoms with Crippen LogP contribution in [0.4, 0.5) is 0 Å². The molecule has 0 unspecified atom stereocenters. The third-order valence-corrected chi connectivity index (χ3v) is 5.69. The first-order valence-corrected chi connectivity index (χ1v) is 9.74. The molecular formula is C20H31N4OS+. The summed E-state index contributed by atoms with van der Waals surface area (Å²) in [4.78, 5) is 19.3. The molecule has 142 valence electrons. The highest BCUT2D eigenvalue weighted by Crippen LogP contribution is 2.19. The molecule has 6 heteroatoms. The zero-order valence-corrected chi connectivity index (χ0v) is 17.3. The van der Waals surface area contributed by atoms with Gasteiger partial charge in [0.1, 0.15) is 0 Å². The zero-order chi connectivity index (χ0) is 19.3. The summed E-state index contributed by atoms with van der Waals surface area (Å²) in [5.41, 5.74) is 3.94. The molecular weight excluding hydrogens is 344 g/mol. The molecule has 0 aliphatic rings. The molecule has 3 N–H and O–H groups in total. The average molecular weight is 376 g/mol. The minimum absolute atomic E-state index is 0.0368. The second kappa shape index (κ2) is 9.14. The molecule has 0 bridgehead atoms. The lowest BCUT2D eigenvalue weighted by molar-refractivity contribution is -0.895. The molecule has 1 heterocycles. The van der Waals surface area contributed by atoms with Gasteiger partial charge in [-0.25, -0.2) is 0 Å². The number of benzene rings is 1. The quantitative estimate of drug-likeness (QED) is 0.640. The summed E-state index contributed by atoms with van der Waals surface area (Å²) < 4.78 is 0. The van der Waals surface area contributed by atoms with Crippen LogP contribution >= 0.6 is 12.2 Å². The van der Waals surface area contributed by atoms with Gasteiger partial charge in [-0.3, -0.25) is 4.79 Å². The van der Waals surface area contributed by atoms with Crippen molar-refractivity contribution < 1.29 is 4.90 Å². The van der Waals surface area contributed by atoms with Crippen LogP contribution < -0.4 is 15.8 Å². The average Bonchev–Trinajstić information content (AvgIpc) is 2.65. The van der Waals surface area contributed by atoms with Gasteiger partial charge >= 0.3 is 0 Å². The number of nitrogens with zero attached hydrogens (tertiary/aromatic N) is 1. The number of thiocarbonyl (C=S) groups is 1. The van der Waals surface area contributed by atoms with Crippen molar-refractivity contribution in [3.63, 3.8) is 0 Å². The Morgan fingerprint density at radius 3 is 2.58 bits per heavy atom. The van der Waals surface area contributed by atoms with Crippen LogP contribution in [-0.4, -0.2) is 48.2 Å². The summed E-state index contributed by atoms with van der Waals surface area (Å²) in [6, 6.07) is 6.16. The van der Waals surface area contributed by atoms with E-state index in [1.165, 1.54) is 10.5 Å². The van der Waals surface area contributed by atoms with Gasteiger partial charge in [-0.15, -0.1) is 0 Å². The Balaban J connectivity index is 2.29. The number of aryl methyl sites for hydroxylation is 2. The number of fused-ring (bicyclic) bond motifs is 1. The van der Waals surface area contributed by atoms with Crippen LogP contribution in [0.1, 0.15) is 30.5 Å². The smallest absolute Gasteiger partial charge is 0.253 e. The van der Waals surface area contributed by atoms with Crippen LogP contribution in [0.5, 0.6) is 0 Å². The maximum Gasteiger partial charge on any atom is 0.253 e. The Bertz CT molecular complexity index is 826. The van der Waals surface area contributed by atoms with Gasteiger partial charge in [0.2, 0.25) is 0 Å². The van der Waals surface area contributed by atoms with Crippen molar-refractivity contribution >= 4 is 28.2 Å². The van der Waals surface area contributed by atoms with E-state index in [4.69, 9.17) is 12.2 Å². The van der Waals surface area contributed by atoms with Gasteiger partial charge in [0, 0.05) is 12.6 Å². The number of rotatable bonds is 7. The number of aromatic amines is 1. The fourth-order valence-electron chi connectivity index (χ4n) is 3.20. The first-order chi connectivity index (χ1) is 12.4. The molecule has 0 aliphatic heterocycles. The molecule has 1 aromatic carbocycles. The highest BCUT2D eigenvalue weighted by atomic mass is 32.1. The lowest BCUT2D eigenvalue weighted by atomic mass is 10.0. The highest BCUT2D eigenvalue weighted by Gasteiger charge is 2.15. The van der Waals surface area contributed by atoms with Crippen LogP contribution in [0.3, 0.4) is 0 Å². The van der Waals surface area contributed by atoms with Crippen LogP contribution in [-0.2, 0) is 6.54 Å². The lowest BCUT2D eigenvalue weighted by Crippen LogP contribution is -3.12. The SMILES string of the molecule is CC[NH+](CC)CCN(Cc1cc2ccc(C)c(C)c2[nH]c1=O)C(=S)NC. The molecule has 2 rings (SSSR count). The highest BCUT2D eigenvalue weighted by molar-refractivity contribution is 7.80.